The molecule has 3 rings (SSSR count). The SMILES string of the molecule is O=COc1ccc(CC(=O)NC2C(=O)N3C(C(=O)OCC(Cl)(Cl)Cl)C(CBr)=CS[C@@H]23)cc1. The lowest BCUT2D eigenvalue weighted by atomic mass is 9.98. The fourth-order valence-corrected chi connectivity index (χ4v) is 5.26. The lowest BCUT2D eigenvalue weighted by Gasteiger charge is -2.51. The van der Waals surface area contributed by atoms with E-state index >= 15 is 0 Å². The lowest BCUT2D eigenvalue weighted by molar-refractivity contribution is -0.163. The molecule has 3 atom stereocenters. The summed E-state index contributed by atoms with van der Waals surface area (Å²) in [5, 5.41) is 4.33. The standard InChI is InChI=1S/C19H16BrCl3N2O6S/c20-6-11-7-32-17-14(16(28)25(17)15(11)18(29)30-8-19(21,22)23)24-13(27)5-10-1-3-12(4-2-10)31-9-26/h1-4,7,9,14-15,17H,5-6,8H2,(H,24,27)/t14?,15?,17-/m0/s1. The Balaban J connectivity index is 1.63. The van der Waals surface area contributed by atoms with Gasteiger partial charge in [0.2, 0.25) is 15.6 Å². The van der Waals surface area contributed by atoms with E-state index in [0.717, 1.165) is 0 Å². The average Bonchev–Trinajstić information content (AvgIpc) is 2.75. The van der Waals surface area contributed by atoms with Crippen LogP contribution in [0.1, 0.15) is 5.56 Å². The molecule has 0 saturated carbocycles. The van der Waals surface area contributed by atoms with Gasteiger partial charge in [0, 0.05) is 5.33 Å². The highest BCUT2D eigenvalue weighted by Crippen LogP contribution is 2.41. The van der Waals surface area contributed by atoms with Gasteiger partial charge in [0.25, 0.3) is 6.47 Å². The number of carbonyl (C=O) groups is 4. The molecule has 1 N–H and O–H groups in total. The topological polar surface area (TPSA) is 102 Å². The number of alkyl halides is 4. The third-order valence-corrected chi connectivity index (χ3v) is 6.80. The number of hydrogen-bond donors (Lipinski definition) is 1. The van der Waals surface area contributed by atoms with Crippen LogP contribution in [-0.2, 0) is 30.3 Å². The number of amides is 2. The van der Waals surface area contributed by atoms with Gasteiger partial charge in [-0.05, 0) is 28.7 Å². The molecule has 0 aromatic heterocycles. The molecule has 0 aliphatic carbocycles. The molecule has 2 unspecified atom stereocenters. The van der Waals surface area contributed by atoms with E-state index in [1.54, 1.807) is 29.7 Å². The van der Waals surface area contributed by atoms with E-state index < -0.39 is 39.7 Å². The van der Waals surface area contributed by atoms with Crippen molar-refractivity contribution in [2.45, 2.75) is 27.7 Å². The van der Waals surface area contributed by atoms with Crippen LogP contribution in [0, 0.1) is 0 Å². The molecule has 2 amide bonds. The largest absolute Gasteiger partial charge is 0.459 e. The Morgan fingerprint density at radius 3 is 2.53 bits per heavy atom. The highest BCUT2D eigenvalue weighted by Gasteiger charge is 2.56. The summed E-state index contributed by atoms with van der Waals surface area (Å²) >= 11 is 21.5. The second kappa shape index (κ2) is 10.6. The summed E-state index contributed by atoms with van der Waals surface area (Å²) in [4.78, 5) is 49.6. The molecular weight excluding hydrogens is 571 g/mol. The number of fused-ring (bicyclic) bond motifs is 1. The Morgan fingerprint density at radius 2 is 1.94 bits per heavy atom. The molecule has 172 valence electrons. The van der Waals surface area contributed by atoms with Crippen molar-refractivity contribution < 1.29 is 28.7 Å². The van der Waals surface area contributed by atoms with Gasteiger partial charge in [-0.1, -0.05) is 62.9 Å². The second-order valence-electron chi connectivity index (χ2n) is 6.80. The molecule has 13 heteroatoms. The average molecular weight is 587 g/mol. The first-order valence-electron chi connectivity index (χ1n) is 9.09. The first-order valence-corrected chi connectivity index (χ1v) is 12.3. The van der Waals surface area contributed by atoms with Crippen LogP contribution in [0.4, 0.5) is 0 Å². The van der Waals surface area contributed by atoms with E-state index in [1.807, 2.05) is 0 Å². The van der Waals surface area contributed by atoms with Crippen LogP contribution in [0.2, 0.25) is 0 Å². The molecule has 1 aromatic carbocycles. The molecule has 2 heterocycles. The fourth-order valence-electron chi connectivity index (χ4n) is 3.19. The molecule has 1 aromatic rings. The van der Waals surface area contributed by atoms with Gasteiger partial charge >= 0.3 is 5.97 Å². The van der Waals surface area contributed by atoms with Crippen LogP contribution in [0.25, 0.3) is 0 Å². The highest BCUT2D eigenvalue weighted by atomic mass is 79.9. The van der Waals surface area contributed by atoms with E-state index in [2.05, 4.69) is 21.2 Å². The smallest absolute Gasteiger partial charge is 0.333 e. The Hall–Kier alpha value is -1.46. The number of halogens is 4. The number of nitrogens with zero attached hydrogens (tertiary/aromatic N) is 1. The number of esters is 1. The van der Waals surface area contributed by atoms with Crippen LogP contribution >= 0.6 is 62.5 Å². The van der Waals surface area contributed by atoms with Crippen molar-refractivity contribution in [2.75, 3.05) is 11.9 Å². The zero-order chi connectivity index (χ0) is 23.5. The van der Waals surface area contributed by atoms with Crippen molar-refractivity contribution in [1.29, 1.82) is 0 Å². The first-order chi connectivity index (χ1) is 15.1. The normalized spacial score (nSPS) is 22.2. The number of rotatable bonds is 8. The van der Waals surface area contributed by atoms with E-state index in [9.17, 15) is 19.2 Å². The van der Waals surface area contributed by atoms with Gasteiger partial charge in [-0.3, -0.25) is 14.4 Å². The van der Waals surface area contributed by atoms with Gasteiger partial charge in [-0.15, -0.1) is 11.8 Å². The van der Waals surface area contributed by atoms with E-state index in [4.69, 9.17) is 44.3 Å². The van der Waals surface area contributed by atoms with Crippen LogP contribution in [0.15, 0.2) is 35.2 Å². The predicted molar refractivity (Wildman–Crippen MR) is 124 cm³/mol. The van der Waals surface area contributed by atoms with Crippen molar-refractivity contribution in [3.05, 3.63) is 40.8 Å². The first kappa shape index (κ1) is 25.2. The maximum atomic E-state index is 12.8. The predicted octanol–water partition coefficient (Wildman–Crippen LogP) is 2.73. The summed E-state index contributed by atoms with van der Waals surface area (Å²) in [6.45, 7) is -0.146. The molecule has 0 radical (unpaired) electrons. The Morgan fingerprint density at radius 1 is 1.25 bits per heavy atom. The van der Waals surface area contributed by atoms with Gasteiger partial charge in [0.1, 0.15) is 23.8 Å². The monoisotopic (exact) mass is 584 g/mol. The minimum absolute atomic E-state index is 0.0275. The molecule has 1 saturated heterocycles. The lowest BCUT2D eigenvalue weighted by Crippen LogP contribution is -2.74. The van der Waals surface area contributed by atoms with Gasteiger partial charge in [0.15, 0.2) is 6.04 Å². The minimum atomic E-state index is -1.77. The summed E-state index contributed by atoms with van der Waals surface area (Å²) in [6.07, 6.45) is 0.0275. The third kappa shape index (κ3) is 5.91. The number of β-lactam (4-membered cyclic amide) rings is 1. The fraction of sp³-hybridized carbons (Fsp3) is 0.368. The van der Waals surface area contributed by atoms with Crippen LogP contribution in [0.5, 0.6) is 5.75 Å². The second-order valence-corrected chi connectivity index (χ2v) is 10.9. The Labute approximate surface area is 211 Å². The van der Waals surface area contributed by atoms with Gasteiger partial charge < -0.3 is 19.7 Å². The van der Waals surface area contributed by atoms with Crippen molar-refractivity contribution in [1.82, 2.24) is 10.2 Å². The molecule has 32 heavy (non-hydrogen) atoms. The van der Waals surface area contributed by atoms with E-state index in [0.29, 0.717) is 28.7 Å². The number of nitrogens with one attached hydrogen (secondary N) is 1. The Kier molecular flexibility index (Phi) is 8.37. The molecule has 0 bridgehead atoms. The number of ether oxygens (including phenoxy) is 2. The van der Waals surface area contributed by atoms with Crippen LogP contribution in [-0.4, -0.2) is 62.3 Å². The minimum Gasteiger partial charge on any atom is -0.459 e. The summed E-state index contributed by atoms with van der Waals surface area (Å²) in [7, 11) is 0. The zero-order valence-electron chi connectivity index (χ0n) is 16.1. The molecule has 0 spiro atoms. The zero-order valence-corrected chi connectivity index (χ0v) is 20.8. The molecule has 2 aliphatic heterocycles. The number of carbonyl (C=O) groups excluding carboxylic acids is 4. The van der Waals surface area contributed by atoms with E-state index in [1.165, 1.54) is 16.7 Å². The molecule has 8 nitrogen and oxygen atoms in total. The summed E-state index contributed by atoms with van der Waals surface area (Å²) in [6, 6.07) is 4.64. The van der Waals surface area contributed by atoms with Crippen LogP contribution in [0.3, 0.4) is 0 Å². The van der Waals surface area contributed by atoms with Crippen molar-refractivity contribution in [3.63, 3.8) is 0 Å². The van der Waals surface area contributed by atoms with Gasteiger partial charge in [-0.25, -0.2) is 4.79 Å². The maximum Gasteiger partial charge on any atom is 0.333 e. The summed E-state index contributed by atoms with van der Waals surface area (Å²) in [5.74, 6) is -1.14. The highest BCUT2D eigenvalue weighted by molar-refractivity contribution is 9.09. The maximum absolute atomic E-state index is 12.8. The van der Waals surface area contributed by atoms with E-state index in [-0.39, 0.29) is 12.3 Å². The number of thioether (sulfide) groups is 1. The Bertz CT molecular complexity index is 940. The number of hydrogen-bond acceptors (Lipinski definition) is 7. The van der Waals surface area contributed by atoms with Crippen molar-refractivity contribution in [3.8, 4) is 5.75 Å². The number of benzene rings is 1. The third-order valence-electron chi connectivity index (χ3n) is 4.61. The van der Waals surface area contributed by atoms with Crippen LogP contribution < -0.4 is 10.1 Å². The molecule has 1 fully saturated rings. The molecule has 2 aliphatic rings. The molecular formula is C19H16BrCl3N2O6S. The summed E-state index contributed by atoms with van der Waals surface area (Å²) < 4.78 is 8.02. The quantitative estimate of drug-likeness (QED) is 0.216. The van der Waals surface area contributed by atoms with Gasteiger partial charge in [0.05, 0.1) is 6.42 Å². The van der Waals surface area contributed by atoms with Crippen molar-refractivity contribution in [2.24, 2.45) is 0 Å². The van der Waals surface area contributed by atoms with Crippen molar-refractivity contribution >= 4 is 86.8 Å². The van der Waals surface area contributed by atoms with Gasteiger partial charge in [-0.2, -0.15) is 0 Å². The summed E-state index contributed by atoms with van der Waals surface area (Å²) in [5.41, 5.74) is 1.30.